The molecule has 0 fully saturated rings. The molecule has 0 unspecified atom stereocenters. The molecule has 0 aliphatic heterocycles. The number of esters is 1. The average molecular weight is 264 g/mol. The van der Waals surface area contributed by atoms with Crippen LogP contribution in [0.1, 0.15) is 23.7 Å². The van der Waals surface area contributed by atoms with Crippen molar-refractivity contribution in [3.63, 3.8) is 0 Å². The predicted molar refractivity (Wildman–Crippen MR) is 69.4 cm³/mol. The van der Waals surface area contributed by atoms with E-state index in [4.69, 9.17) is 15.3 Å². The molecule has 0 atom stereocenters. The van der Waals surface area contributed by atoms with Gasteiger partial charge in [-0.2, -0.15) is 0 Å². The number of amides is 1. The van der Waals surface area contributed by atoms with Crippen LogP contribution in [-0.2, 0) is 9.53 Å². The Morgan fingerprint density at radius 3 is 2.53 bits per heavy atom. The fraction of sp³-hybridized carbons (Fsp3) is 0.308. The Labute approximate surface area is 110 Å². The highest BCUT2D eigenvalue weighted by Crippen LogP contribution is 2.09. The van der Waals surface area contributed by atoms with Crippen molar-refractivity contribution in [3.8, 4) is 5.75 Å². The molecule has 0 aliphatic carbocycles. The molecule has 0 aliphatic rings. The number of ether oxygens (including phenoxy) is 1. The second kappa shape index (κ2) is 7.15. The number of phenolic OH excluding ortho intramolecular Hbond substituents is 1. The number of hydrogen-bond donors (Lipinski definition) is 3. The fourth-order valence-corrected chi connectivity index (χ4v) is 1.31. The Kier molecular flexibility index (Phi) is 5.53. The van der Waals surface area contributed by atoms with Gasteiger partial charge in [-0.25, -0.2) is 0 Å². The van der Waals surface area contributed by atoms with Gasteiger partial charge in [-0.05, 0) is 31.2 Å². The maximum Gasteiger partial charge on any atom is 0.311 e. The van der Waals surface area contributed by atoms with Gasteiger partial charge >= 0.3 is 5.97 Å². The number of carbonyl (C=O) groups is 2. The first-order chi connectivity index (χ1) is 8.99. The third-order valence-electron chi connectivity index (χ3n) is 2.19. The number of rotatable bonds is 6. The standard InChI is InChI=1S/C13H16N2O4/c1-9(14)8-12(17)19-7-6-15-13(18)10-2-4-11(16)5-3-10/h2-5,14,16H,6-8H2,1H3,(H,15,18). The molecule has 1 rings (SSSR count). The number of carbonyl (C=O) groups excluding carboxylic acids is 2. The van der Waals surface area contributed by atoms with E-state index in [9.17, 15) is 9.59 Å². The Morgan fingerprint density at radius 2 is 1.95 bits per heavy atom. The first-order valence-electron chi connectivity index (χ1n) is 5.76. The molecule has 0 bridgehead atoms. The molecule has 0 aromatic heterocycles. The highest BCUT2D eigenvalue weighted by atomic mass is 16.5. The van der Waals surface area contributed by atoms with Crippen LogP contribution in [0, 0.1) is 5.41 Å². The van der Waals surface area contributed by atoms with Gasteiger partial charge in [0.2, 0.25) is 0 Å². The minimum atomic E-state index is -0.480. The molecule has 1 aromatic rings. The third kappa shape index (κ3) is 5.67. The van der Waals surface area contributed by atoms with Crippen molar-refractivity contribution in [2.75, 3.05) is 13.2 Å². The predicted octanol–water partition coefficient (Wildman–Crippen LogP) is 1.09. The van der Waals surface area contributed by atoms with Gasteiger partial charge in [-0.15, -0.1) is 0 Å². The van der Waals surface area contributed by atoms with Crippen LogP contribution in [0.25, 0.3) is 0 Å². The van der Waals surface area contributed by atoms with Gasteiger partial charge in [0.1, 0.15) is 12.4 Å². The van der Waals surface area contributed by atoms with Gasteiger partial charge in [0.25, 0.3) is 5.91 Å². The summed E-state index contributed by atoms with van der Waals surface area (Å²) in [5.41, 5.74) is 0.651. The number of benzene rings is 1. The highest BCUT2D eigenvalue weighted by molar-refractivity contribution is 5.96. The molecule has 6 heteroatoms. The second-order valence-corrected chi connectivity index (χ2v) is 3.98. The molecular weight excluding hydrogens is 248 g/mol. The van der Waals surface area contributed by atoms with Crippen molar-refractivity contribution in [2.24, 2.45) is 0 Å². The molecule has 0 saturated carbocycles. The van der Waals surface area contributed by atoms with Crippen molar-refractivity contribution < 1.29 is 19.4 Å². The summed E-state index contributed by atoms with van der Waals surface area (Å²) in [6.07, 6.45) is -0.0358. The number of aromatic hydroxyl groups is 1. The van der Waals surface area contributed by atoms with Crippen LogP contribution in [0.15, 0.2) is 24.3 Å². The number of phenols is 1. The third-order valence-corrected chi connectivity index (χ3v) is 2.19. The molecule has 3 N–H and O–H groups in total. The van der Waals surface area contributed by atoms with Crippen LogP contribution in [0.3, 0.4) is 0 Å². The quantitative estimate of drug-likeness (QED) is 0.407. The van der Waals surface area contributed by atoms with E-state index in [-0.39, 0.29) is 36.9 Å². The van der Waals surface area contributed by atoms with Crippen LogP contribution < -0.4 is 5.32 Å². The smallest absolute Gasteiger partial charge is 0.311 e. The highest BCUT2D eigenvalue weighted by Gasteiger charge is 2.06. The molecule has 0 saturated heterocycles. The van der Waals surface area contributed by atoms with Crippen molar-refractivity contribution in [1.29, 1.82) is 5.41 Å². The molecule has 1 aromatic carbocycles. The summed E-state index contributed by atoms with van der Waals surface area (Å²) in [5.74, 6) is -0.696. The summed E-state index contributed by atoms with van der Waals surface area (Å²) < 4.78 is 4.82. The summed E-state index contributed by atoms with van der Waals surface area (Å²) in [6.45, 7) is 1.78. The van der Waals surface area contributed by atoms with Crippen LogP contribution >= 0.6 is 0 Å². The first-order valence-corrected chi connectivity index (χ1v) is 5.76. The van der Waals surface area contributed by atoms with Crippen LogP contribution in [0.2, 0.25) is 0 Å². The Balaban J connectivity index is 2.26. The Hall–Kier alpha value is -2.37. The van der Waals surface area contributed by atoms with E-state index in [0.29, 0.717) is 5.56 Å². The van der Waals surface area contributed by atoms with Crippen molar-refractivity contribution in [3.05, 3.63) is 29.8 Å². The van der Waals surface area contributed by atoms with Gasteiger partial charge in [0.05, 0.1) is 13.0 Å². The summed E-state index contributed by atoms with van der Waals surface area (Å²) in [5, 5.41) is 18.8. The molecule has 6 nitrogen and oxygen atoms in total. The zero-order valence-corrected chi connectivity index (χ0v) is 10.6. The van der Waals surface area contributed by atoms with E-state index in [2.05, 4.69) is 5.32 Å². The van der Waals surface area contributed by atoms with E-state index in [0.717, 1.165) is 0 Å². The van der Waals surface area contributed by atoms with Gasteiger partial charge in [-0.1, -0.05) is 0 Å². The maximum absolute atomic E-state index is 11.6. The lowest BCUT2D eigenvalue weighted by Gasteiger charge is -2.06. The first kappa shape index (κ1) is 14.7. The average Bonchev–Trinajstić information content (AvgIpc) is 2.34. The number of hydrogen-bond acceptors (Lipinski definition) is 5. The Morgan fingerprint density at radius 1 is 1.32 bits per heavy atom. The van der Waals surface area contributed by atoms with Crippen molar-refractivity contribution in [2.45, 2.75) is 13.3 Å². The topological polar surface area (TPSA) is 99.5 Å². The molecule has 0 heterocycles. The fourth-order valence-electron chi connectivity index (χ4n) is 1.31. The van der Waals surface area contributed by atoms with Gasteiger partial charge in [0.15, 0.2) is 0 Å². The second-order valence-electron chi connectivity index (χ2n) is 3.98. The minimum Gasteiger partial charge on any atom is -0.508 e. The summed E-state index contributed by atoms with van der Waals surface area (Å²) >= 11 is 0. The minimum absolute atomic E-state index is 0.0358. The van der Waals surface area contributed by atoms with Crippen LogP contribution in [0.5, 0.6) is 5.75 Å². The van der Waals surface area contributed by atoms with Gasteiger partial charge in [-0.3, -0.25) is 9.59 Å². The maximum atomic E-state index is 11.6. The van der Waals surface area contributed by atoms with E-state index in [1.807, 2.05) is 0 Å². The normalized spacial score (nSPS) is 9.74. The lowest BCUT2D eigenvalue weighted by atomic mass is 10.2. The van der Waals surface area contributed by atoms with E-state index in [1.165, 1.54) is 31.2 Å². The molecule has 19 heavy (non-hydrogen) atoms. The molecule has 1 amide bonds. The molecule has 0 radical (unpaired) electrons. The zero-order chi connectivity index (χ0) is 14.3. The van der Waals surface area contributed by atoms with Gasteiger partial charge < -0.3 is 20.6 Å². The number of nitrogens with one attached hydrogen (secondary N) is 2. The van der Waals surface area contributed by atoms with Crippen LogP contribution in [-0.4, -0.2) is 35.8 Å². The van der Waals surface area contributed by atoms with Crippen molar-refractivity contribution in [1.82, 2.24) is 5.32 Å². The summed E-state index contributed by atoms with van der Waals surface area (Å²) in [7, 11) is 0. The zero-order valence-electron chi connectivity index (χ0n) is 10.6. The van der Waals surface area contributed by atoms with E-state index >= 15 is 0 Å². The Bertz CT molecular complexity index is 468. The molecule has 102 valence electrons. The lowest BCUT2D eigenvalue weighted by molar-refractivity contribution is -0.141. The van der Waals surface area contributed by atoms with Gasteiger partial charge in [0, 0.05) is 11.3 Å². The lowest BCUT2D eigenvalue weighted by Crippen LogP contribution is -2.28. The monoisotopic (exact) mass is 264 g/mol. The van der Waals surface area contributed by atoms with E-state index in [1.54, 1.807) is 0 Å². The summed E-state index contributed by atoms with van der Waals surface area (Å²) in [4.78, 5) is 22.7. The molecule has 0 spiro atoms. The largest absolute Gasteiger partial charge is 0.508 e. The molecular formula is C13H16N2O4. The van der Waals surface area contributed by atoms with Crippen molar-refractivity contribution >= 4 is 17.6 Å². The van der Waals surface area contributed by atoms with E-state index < -0.39 is 5.97 Å². The SMILES string of the molecule is CC(=N)CC(=O)OCCNC(=O)c1ccc(O)cc1. The summed E-state index contributed by atoms with van der Waals surface area (Å²) in [6, 6.07) is 5.83. The van der Waals surface area contributed by atoms with Crippen LogP contribution in [0.4, 0.5) is 0 Å².